The minimum atomic E-state index is 0.127. The lowest BCUT2D eigenvalue weighted by molar-refractivity contribution is -0.129. The molecular weight excluding hydrogens is 220 g/mol. The van der Waals surface area contributed by atoms with Crippen molar-refractivity contribution in [1.82, 2.24) is 9.80 Å². The van der Waals surface area contributed by atoms with Crippen molar-refractivity contribution < 1.29 is 14.6 Å². The zero-order valence-corrected chi connectivity index (χ0v) is 10.5. The molecule has 2 heterocycles. The first-order valence-electron chi connectivity index (χ1n) is 6.36. The van der Waals surface area contributed by atoms with Crippen LogP contribution in [-0.2, 0) is 9.53 Å². The van der Waals surface area contributed by atoms with Gasteiger partial charge in [-0.25, -0.2) is 0 Å². The Morgan fingerprint density at radius 3 is 2.94 bits per heavy atom. The van der Waals surface area contributed by atoms with Gasteiger partial charge in [0, 0.05) is 58.3 Å². The van der Waals surface area contributed by atoms with Gasteiger partial charge in [0.25, 0.3) is 0 Å². The summed E-state index contributed by atoms with van der Waals surface area (Å²) >= 11 is 0. The number of carbonyl (C=O) groups excluding carboxylic acids is 1. The third-order valence-corrected chi connectivity index (χ3v) is 3.80. The molecule has 2 rings (SSSR count). The lowest BCUT2D eigenvalue weighted by Crippen LogP contribution is -2.39. The van der Waals surface area contributed by atoms with Crippen molar-refractivity contribution in [3.05, 3.63) is 0 Å². The average Bonchev–Trinajstić information content (AvgIpc) is 2.92. The molecule has 1 amide bonds. The van der Waals surface area contributed by atoms with E-state index in [9.17, 15) is 4.79 Å². The van der Waals surface area contributed by atoms with Crippen molar-refractivity contribution >= 4 is 5.91 Å². The SMILES string of the molecule is COCCN1CCC(N2CC(CO)CC2=O)C1. The molecule has 0 radical (unpaired) electrons. The van der Waals surface area contributed by atoms with Gasteiger partial charge in [0.1, 0.15) is 0 Å². The van der Waals surface area contributed by atoms with Crippen LogP contribution in [0.25, 0.3) is 0 Å². The molecule has 1 N–H and O–H groups in total. The smallest absolute Gasteiger partial charge is 0.223 e. The van der Waals surface area contributed by atoms with E-state index in [0.29, 0.717) is 12.5 Å². The average molecular weight is 242 g/mol. The van der Waals surface area contributed by atoms with E-state index in [4.69, 9.17) is 9.84 Å². The Balaban J connectivity index is 1.82. The van der Waals surface area contributed by atoms with Gasteiger partial charge in [-0.05, 0) is 6.42 Å². The number of hydrogen-bond donors (Lipinski definition) is 1. The minimum absolute atomic E-state index is 0.127. The van der Waals surface area contributed by atoms with Gasteiger partial charge in [0.15, 0.2) is 0 Å². The Morgan fingerprint density at radius 2 is 2.29 bits per heavy atom. The Labute approximate surface area is 102 Å². The second-order valence-corrected chi connectivity index (χ2v) is 5.03. The van der Waals surface area contributed by atoms with Crippen molar-refractivity contribution in [2.24, 2.45) is 5.92 Å². The fourth-order valence-corrected chi connectivity index (χ4v) is 2.77. The summed E-state index contributed by atoms with van der Waals surface area (Å²) in [5.74, 6) is 0.359. The third kappa shape index (κ3) is 2.97. The quantitative estimate of drug-likeness (QED) is 0.709. The molecule has 0 saturated carbocycles. The molecule has 0 bridgehead atoms. The normalized spacial score (nSPS) is 30.5. The van der Waals surface area contributed by atoms with Gasteiger partial charge in [0.2, 0.25) is 5.91 Å². The maximum absolute atomic E-state index is 11.8. The molecule has 5 nitrogen and oxygen atoms in total. The summed E-state index contributed by atoms with van der Waals surface area (Å²) in [7, 11) is 1.71. The molecular formula is C12H22N2O3. The molecule has 2 unspecified atom stereocenters. The van der Waals surface area contributed by atoms with Gasteiger partial charge in [-0.3, -0.25) is 9.69 Å². The number of methoxy groups -OCH3 is 1. The third-order valence-electron chi connectivity index (χ3n) is 3.80. The number of hydrogen-bond acceptors (Lipinski definition) is 4. The molecule has 0 aromatic carbocycles. The summed E-state index contributed by atoms with van der Waals surface area (Å²) in [6.07, 6.45) is 1.57. The van der Waals surface area contributed by atoms with Crippen molar-refractivity contribution in [1.29, 1.82) is 0 Å². The van der Waals surface area contributed by atoms with Crippen LogP contribution in [0.5, 0.6) is 0 Å². The maximum atomic E-state index is 11.8. The number of likely N-dealkylation sites (tertiary alicyclic amines) is 2. The summed E-state index contributed by atoms with van der Waals surface area (Å²) in [4.78, 5) is 16.1. The number of amides is 1. The van der Waals surface area contributed by atoms with Crippen LogP contribution >= 0.6 is 0 Å². The molecule has 0 aromatic rings. The minimum Gasteiger partial charge on any atom is -0.396 e. The van der Waals surface area contributed by atoms with E-state index in [1.807, 2.05) is 4.90 Å². The highest BCUT2D eigenvalue weighted by molar-refractivity contribution is 5.79. The second kappa shape index (κ2) is 5.80. The fourth-order valence-electron chi connectivity index (χ4n) is 2.77. The summed E-state index contributed by atoms with van der Waals surface area (Å²) < 4.78 is 5.06. The number of aliphatic hydroxyl groups excluding tert-OH is 1. The summed E-state index contributed by atoms with van der Waals surface area (Å²) in [6.45, 7) is 4.55. The molecule has 2 fully saturated rings. The number of nitrogens with zero attached hydrogens (tertiary/aromatic N) is 2. The van der Waals surface area contributed by atoms with Gasteiger partial charge in [-0.15, -0.1) is 0 Å². The summed E-state index contributed by atoms with van der Waals surface area (Å²) in [6, 6.07) is 0.343. The Bertz CT molecular complexity index is 272. The first-order valence-corrected chi connectivity index (χ1v) is 6.36. The van der Waals surface area contributed by atoms with Crippen molar-refractivity contribution in [3.8, 4) is 0 Å². The van der Waals surface area contributed by atoms with E-state index in [2.05, 4.69) is 4.90 Å². The zero-order chi connectivity index (χ0) is 12.3. The number of carbonyl (C=O) groups is 1. The van der Waals surface area contributed by atoms with Crippen LogP contribution in [0, 0.1) is 5.92 Å². The summed E-state index contributed by atoms with van der Waals surface area (Å²) in [5.41, 5.74) is 0. The first-order chi connectivity index (χ1) is 8.24. The molecule has 0 spiro atoms. The molecule has 2 saturated heterocycles. The van der Waals surface area contributed by atoms with Crippen molar-refractivity contribution in [2.45, 2.75) is 18.9 Å². The van der Waals surface area contributed by atoms with E-state index in [1.165, 1.54) is 0 Å². The molecule has 2 aliphatic rings. The van der Waals surface area contributed by atoms with E-state index in [1.54, 1.807) is 7.11 Å². The van der Waals surface area contributed by atoms with E-state index < -0.39 is 0 Å². The van der Waals surface area contributed by atoms with Gasteiger partial charge < -0.3 is 14.7 Å². The summed E-state index contributed by atoms with van der Waals surface area (Å²) in [5, 5.41) is 9.11. The van der Waals surface area contributed by atoms with Gasteiger partial charge in [-0.1, -0.05) is 0 Å². The molecule has 17 heavy (non-hydrogen) atoms. The molecule has 0 aliphatic carbocycles. The topological polar surface area (TPSA) is 53.0 Å². The molecule has 0 aromatic heterocycles. The van der Waals surface area contributed by atoms with Crippen LogP contribution in [0.4, 0.5) is 0 Å². The number of ether oxygens (including phenoxy) is 1. The van der Waals surface area contributed by atoms with Crippen LogP contribution in [0.1, 0.15) is 12.8 Å². The zero-order valence-electron chi connectivity index (χ0n) is 10.5. The van der Waals surface area contributed by atoms with Gasteiger partial charge >= 0.3 is 0 Å². The monoisotopic (exact) mass is 242 g/mol. The van der Waals surface area contributed by atoms with E-state index in [-0.39, 0.29) is 18.4 Å². The van der Waals surface area contributed by atoms with Gasteiger partial charge in [-0.2, -0.15) is 0 Å². The van der Waals surface area contributed by atoms with Crippen LogP contribution in [0.2, 0.25) is 0 Å². The first kappa shape index (κ1) is 12.8. The van der Waals surface area contributed by atoms with E-state index in [0.717, 1.165) is 39.2 Å². The van der Waals surface area contributed by atoms with Crippen molar-refractivity contribution in [3.63, 3.8) is 0 Å². The van der Waals surface area contributed by atoms with Crippen molar-refractivity contribution in [2.75, 3.05) is 46.5 Å². The lowest BCUT2D eigenvalue weighted by atomic mass is 10.1. The Morgan fingerprint density at radius 1 is 1.47 bits per heavy atom. The van der Waals surface area contributed by atoms with Crippen LogP contribution in [-0.4, -0.2) is 73.4 Å². The predicted molar refractivity (Wildman–Crippen MR) is 63.6 cm³/mol. The van der Waals surface area contributed by atoms with E-state index >= 15 is 0 Å². The maximum Gasteiger partial charge on any atom is 0.223 e. The highest BCUT2D eigenvalue weighted by atomic mass is 16.5. The predicted octanol–water partition coefficient (Wildman–Crippen LogP) is -0.452. The number of aliphatic hydroxyl groups is 1. The van der Waals surface area contributed by atoms with Gasteiger partial charge in [0.05, 0.1) is 6.61 Å². The van der Waals surface area contributed by atoms with Crippen LogP contribution in [0.15, 0.2) is 0 Å². The Kier molecular flexibility index (Phi) is 4.36. The highest BCUT2D eigenvalue weighted by Crippen LogP contribution is 2.24. The standard InChI is InChI=1S/C12H22N2O3/c1-17-5-4-13-3-2-11(8-13)14-7-10(9-15)6-12(14)16/h10-11,15H,2-9H2,1H3. The lowest BCUT2D eigenvalue weighted by Gasteiger charge is -2.24. The second-order valence-electron chi connectivity index (χ2n) is 5.03. The highest BCUT2D eigenvalue weighted by Gasteiger charge is 2.36. The molecule has 98 valence electrons. The van der Waals surface area contributed by atoms with Crippen LogP contribution in [0.3, 0.4) is 0 Å². The molecule has 2 aliphatic heterocycles. The Hall–Kier alpha value is -0.650. The largest absolute Gasteiger partial charge is 0.396 e. The number of rotatable bonds is 5. The fraction of sp³-hybridized carbons (Fsp3) is 0.917. The molecule has 2 atom stereocenters. The van der Waals surface area contributed by atoms with Crippen LogP contribution < -0.4 is 0 Å². The molecule has 5 heteroatoms.